The number of rotatable bonds is 3. The predicted octanol–water partition coefficient (Wildman–Crippen LogP) is 2.86. The predicted molar refractivity (Wildman–Crippen MR) is 60.6 cm³/mol. The quantitative estimate of drug-likeness (QED) is 0.797. The number of hydrogen-bond acceptors (Lipinski definition) is 4. The Labute approximate surface area is 94.5 Å². The number of benzene rings is 1. The maximum atomic E-state index is 11.0. The first-order valence-corrected chi connectivity index (χ1v) is 4.87. The summed E-state index contributed by atoms with van der Waals surface area (Å²) in [5, 5.41) is 10.6. The van der Waals surface area contributed by atoms with Gasteiger partial charge in [0.1, 0.15) is 5.66 Å². The summed E-state index contributed by atoms with van der Waals surface area (Å²) in [6.07, 6.45) is -0.531. The minimum absolute atomic E-state index is 0.531. The topological polar surface area (TPSA) is 63.0 Å². The SMILES string of the molecule is COC(=O)NC(C)(C)N=Nc1ccccc1. The minimum Gasteiger partial charge on any atom is -0.453 e. The summed E-state index contributed by atoms with van der Waals surface area (Å²) in [4.78, 5) is 11.0. The Balaban J connectivity index is 2.65. The monoisotopic (exact) mass is 221 g/mol. The Morgan fingerprint density at radius 2 is 1.94 bits per heavy atom. The molecule has 0 spiro atoms. The standard InChI is InChI=1S/C11H15N3O2/c1-11(2,12-10(15)16-3)14-13-9-7-5-4-6-8-9/h4-8H,1-3H3,(H,12,15). The van der Waals surface area contributed by atoms with Crippen molar-refractivity contribution >= 4 is 11.8 Å². The summed E-state index contributed by atoms with van der Waals surface area (Å²) >= 11 is 0. The number of nitrogens with zero attached hydrogens (tertiary/aromatic N) is 2. The van der Waals surface area contributed by atoms with Gasteiger partial charge in [-0.3, -0.25) is 5.32 Å². The average molecular weight is 221 g/mol. The van der Waals surface area contributed by atoms with Crippen molar-refractivity contribution < 1.29 is 9.53 Å². The van der Waals surface area contributed by atoms with Crippen LogP contribution < -0.4 is 5.32 Å². The summed E-state index contributed by atoms with van der Waals surface area (Å²) in [5.74, 6) is 0. The number of carbonyl (C=O) groups is 1. The molecule has 0 aliphatic heterocycles. The highest BCUT2D eigenvalue weighted by Crippen LogP contribution is 2.14. The molecule has 5 heteroatoms. The van der Waals surface area contributed by atoms with E-state index in [2.05, 4.69) is 20.3 Å². The molecule has 1 aromatic carbocycles. The molecular formula is C11H15N3O2. The second-order valence-electron chi connectivity index (χ2n) is 3.71. The summed E-state index contributed by atoms with van der Waals surface area (Å²) in [6, 6.07) is 9.30. The van der Waals surface area contributed by atoms with Gasteiger partial charge in [0.2, 0.25) is 0 Å². The van der Waals surface area contributed by atoms with E-state index < -0.39 is 11.8 Å². The lowest BCUT2D eigenvalue weighted by molar-refractivity contribution is 0.159. The van der Waals surface area contributed by atoms with Gasteiger partial charge in [0, 0.05) is 0 Å². The van der Waals surface area contributed by atoms with E-state index in [1.54, 1.807) is 13.8 Å². The van der Waals surface area contributed by atoms with Crippen LogP contribution in [-0.2, 0) is 4.74 Å². The maximum Gasteiger partial charge on any atom is 0.408 e. The fraction of sp³-hybridized carbons (Fsp3) is 0.364. The van der Waals surface area contributed by atoms with Crippen LogP contribution in [0.4, 0.5) is 10.5 Å². The maximum absolute atomic E-state index is 11.0. The molecule has 0 aliphatic rings. The number of carbonyl (C=O) groups excluding carboxylic acids is 1. The van der Waals surface area contributed by atoms with Gasteiger partial charge < -0.3 is 4.74 Å². The molecule has 5 nitrogen and oxygen atoms in total. The zero-order valence-electron chi connectivity index (χ0n) is 9.60. The van der Waals surface area contributed by atoms with Crippen molar-refractivity contribution in [2.45, 2.75) is 19.5 Å². The number of azo groups is 1. The first kappa shape index (κ1) is 12.2. The Bertz CT molecular complexity index is 374. The first-order valence-electron chi connectivity index (χ1n) is 4.87. The van der Waals surface area contributed by atoms with Gasteiger partial charge in [0.05, 0.1) is 12.8 Å². The molecule has 0 aliphatic carbocycles. The number of hydrogen-bond donors (Lipinski definition) is 1. The Hall–Kier alpha value is -1.91. The molecule has 1 amide bonds. The van der Waals surface area contributed by atoms with E-state index >= 15 is 0 Å². The molecule has 0 saturated carbocycles. The van der Waals surface area contributed by atoms with Crippen molar-refractivity contribution in [1.82, 2.24) is 5.32 Å². The zero-order chi connectivity index (χ0) is 12.0. The molecule has 86 valence electrons. The molecule has 0 saturated heterocycles. The van der Waals surface area contributed by atoms with Gasteiger partial charge in [-0.15, -0.1) is 0 Å². The van der Waals surface area contributed by atoms with Gasteiger partial charge in [-0.2, -0.15) is 10.2 Å². The second kappa shape index (κ2) is 5.25. The molecule has 0 bridgehead atoms. The number of alkyl carbamates (subject to hydrolysis) is 1. The molecule has 0 atom stereocenters. The van der Waals surface area contributed by atoms with E-state index in [0.717, 1.165) is 5.69 Å². The smallest absolute Gasteiger partial charge is 0.408 e. The lowest BCUT2D eigenvalue weighted by atomic mass is 10.3. The van der Waals surface area contributed by atoms with E-state index in [1.165, 1.54) is 7.11 Å². The lowest BCUT2D eigenvalue weighted by Gasteiger charge is -2.18. The minimum atomic E-state index is -0.789. The van der Waals surface area contributed by atoms with Crippen LogP contribution in [0.15, 0.2) is 40.6 Å². The highest BCUT2D eigenvalue weighted by molar-refractivity contribution is 5.67. The molecule has 0 heterocycles. The van der Waals surface area contributed by atoms with Gasteiger partial charge in [0.25, 0.3) is 0 Å². The summed E-state index contributed by atoms with van der Waals surface area (Å²) < 4.78 is 4.49. The van der Waals surface area contributed by atoms with E-state index in [0.29, 0.717) is 0 Å². The van der Waals surface area contributed by atoms with Crippen molar-refractivity contribution in [2.24, 2.45) is 10.2 Å². The van der Waals surface area contributed by atoms with Crippen molar-refractivity contribution in [3.8, 4) is 0 Å². The number of ether oxygens (including phenoxy) is 1. The Morgan fingerprint density at radius 3 is 2.50 bits per heavy atom. The van der Waals surface area contributed by atoms with E-state index in [1.807, 2.05) is 30.3 Å². The first-order chi connectivity index (χ1) is 7.53. The van der Waals surface area contributed by atoms with Gasteiger partial charge in [-0.25, -0.2) is 4.79 Å². The normalized spacial score (nSPS) is 11.4. The van der Waals surface area contributed by atoms with Crippen LogP contribution in [0.1, 0.15) is 13.8 Å². The van der Waals surface area contributed by atoms with Crippen molar-refractivity contribution in [3.63, 3.8) is 0 Å². The van der Waals surface area contributed by atoms with Gasteiger partial charge >= 0.3 is 6.09 Å². The van der Waals surface area contributed by atoms with Gasteiger partial charge in [-0.1, -0.05) is 18.2 Å². The van der Waals surface area contributed by atoms with E-state index in [-0.39, 0.29) is 0 Å². The fourth-order valence-corrected chi connectivity index (χ4v) is 1.00. The van der Waals surface area contributed by atoms with Crippen LogP contribution in [0.25, 0.3) is 0 Å². The molecule has 0 unspecified atom stereocenters. The zero-order valence-corrected chi connectivity index (χ0v) is 9.60. The van der Waals surface area contributed by atoms with Gasteiger partial charge in [-0.05, 0) is 26.0 Å². The molecule has 0 aromatic heterocycles. The van der Waals surface area contributed by atoms with E-state index in [9.17, 15) is 4.79 Å². The number of nitrogens with one attached hydrogen (secondary N) is 1. The Morgan fingerprint density at radius 1 is 1.31 bits per heavy atom. The number of amides is 1. The fourth-order valence-electron chi connectivity index (χ4n) is 1.00. The lowest BCUT2D eigenvalue weighted by Crippen LogP contribution is -2.41. The van der Waals surface area contributed by atoms with Crippen LogP contribution in [0.3, 0.4) is 0 Å². The number of methoxy groups -OCH3 is 1. The summed E-state index contributed by atoms with van der Waals surface area (Å²) in [5.41, 5.74) is -0.0506. The van der Waals surface area contributed by atoms with Crippen molar-refractivity contribution in [1.29, 1.82) is 0 Å². The highest BCUT2D eigenvalue weighted by Gasteiger charge is 2.19. The van der Waals surface area contributed by atoms with Crippen LogP contribution in [-0.4, -0.2) is 18.9 Å². The molecule has 1 aromatic rings. The Kier molecular flexibility index (Phi) is 3.99. The highest BCUT2D eigenvalue weighted by atomic mass is 16.5. The molecule has 1 N–H and O–H groups in total. The second-order valence-corrected chi connectivity index (χ2v) is 3.71. The third-order valence-electron chi connectivity index (χ3n) is 1.77. The van der Waals surface area contributed by atoms with Crippen molar-refractivity contribution in [3.05, 3.63) is 30.3 Å². The van der Waals surface area contributed by atoms with E-state index in [4.69, 9.17) is 0 Å². The molecule has 1 rings (SSSR count). The summed E-state index contributed by atoms with van der Waals surface area (Å²) in [7, 11) is 1.31. The molecule has 0 fully saturated rings. The van der Waals surface area contributed by atoms with Crippen LogP contribution in [0.2, 0.25) is 0 Å². The largest absolute Gasteiger partial charge is 0.453 e. The molecule has 16 heavy (non-hydrogen) atoms. The third-order valence-corrected chi connectivity index (χ3v) is 1.77. The third kappa shape index (κ3) is 4.08. The van der Waals surface area contributed by atoms with Crippen LogP contribution in [0.5, 0.6) is 0 Å². The van der Waals surface area contributed by atoms with Gasteiger partial charge in [0.15, 0.2) is 0 Å². The summed E-state index contributed by atoms with van der Waals surface area (Å²) in [6.45, 7) is 3.46. The molecule has 0 radical (unpaired) electrons. The van der Waals surface area contributed by atoms with Crippen LogP contribution in [0, 0.1) is 0 Å². The van der Waals surface area contributed by atoms with Crippen LogP contribution >= 0.6 is 0 Å². The average Bonchev–Trinajstić information content (AvgIpc) is 2.27. The van der Waals surface area contributed by atoms with Crippen molar-refractivity contribution in [2.75, 3.05) is 7.11 Å². The molecular weight excluding hydrogens is 206 g/mol.